The highest BCUT2D eigenvalue weighted by Crippen LogP contribution is 2.44. The topological polar surface area (TPSA) is 50.4 Å². The maximum atomic E-state index is 13.7. The Hall–Kier alpha value is -2.33. The van der Waals surface area contributed by atoms with Gasteiger partial charge >= 0.3 is 18.0 Å². The average molecular weight is 461 g/mol. The third-order valence-corrected chi connectivity index (χ3v) is 4.49. The Morgan fingerprint density at radius 3 is 1.90 bits per heavy atom. The molecule has 2 N–H and O–H groups in total. The van der Waals surface area contributed by atoms with E-state index in [0.29, 0.717) is 0 Å². The van der Waals surface area contributed by atoms with Crippen LogP contribution in [0.3, 0.4) is 0 Å². The fourth-order valence-electron chi connectivity index (χ4n) is 2.25. The van der Waals surface area contributed by atoms with Crippen molar-refractivity contribution in [2.24, 2.45) is 0 Å². The van der Waals surface area contributed by atoms with Crippen LogP contribution in [0, 0.1) is 0 Å². The van der Waals surface area contributed by atoms with E-state index in [1.165, 1.54) is 24.6 Å². The summed E-state index contributed by atoms with van der Waals surface area (Å²) >= 11 is 11.3. The molecule has 0 aliphatic carbocycles. The van der Waals surface area contributed by atoms with Gasteiger partial charge in [-0.1, -0.05) is 23.2 Å². The SMILES string of the molecule is COc1ccc(C(=O)NC(Nc2ccc(Cl)c(Cl)c2)(C(F)(F)F)C(F)(F)F)cc1. The van der Waals surface area contributed by atoms with Crippen LogP contribution in [0.25, 0.3) is 0 Å². The van der Waals surface area contributed by atoms with Crippen molar-refractivity contribution in [3.8, 4) is 5.75 Å². The zero-order valence-electron chi connectivity index (χ0n) is 14.4. The summed E-state index contributed by atoms with van der Waals surface area (Å²) in [5.74, 6) is -1.36. The zero-order valence-corrected chi connectivity index (χ0v) is 15.9. The number of methoxy groups -OCH3 is 1. The van der Waals surface area contributed by atoms with Crippen LogP contribution >= 0.6 is 23.2 Å². The van der Waals surface area contributed by atoms with Gasteiger partial charge in [-0.25, -0.2) is 0 Å². The maximum absolute atomic E-state index is 13.7. The van der Waals surface area contributed by atoms with E-state index in [0.717, 1.165) is 35.6 Å². The number of benzene rings is 2. The van der Waals surface area contributed by atoms with E-state index in [9.17, 15) is 31.1 Å². The normalized spacial score (nSPS) is 12.4. The van der Waals surface area contributed by atoms with Gasteiger partial charge in [-0.2, -0.15) is 26.3 Å². The van der Waals surface area contributed by atoms with Gasteiger partial charge in [0.15, 0.2) is 0 Å². The summed E-state index contributed by atoms with van der Waals surface area (Å²) in [4.78, 5) is 12.2. The molecule has 12 heteroatoms. The Kier molecular flexibility index (Phi) is 6.48. The minimum Gasteiger partial charge on any atom is -0.497 e. The van der Waals surface area contributed by atoms with E-state index >= 15 is 0 Å². The van der Waals surface area contributed by atoms with E-state index in [1.807, 2.05) is 0 Å². The molecule has 4 nitrogen and oxygen atoms in total. The molecular formula is C17H12Cl2F6N2O2. The number of anilines is 1. The Labute approximate surface area is 170 Å². The Balaban J connectivity index is 2.50. The second-order valence-corrected chi connectivity index (χ2v) is 6.50. The first-order chi connectivity index (χ1) is 13.3. The molecule has 0 heterocycles. The van der Waals surface area contributed by atoms with Crippen molar-refractivity contribution in [1.82, 2.24) is 5.32 Å². The average Bonchev–Trinajstić information content (AvgIpc) is 2.62. The van der Waals surface area contributed by atoms with E-state index in [2.05, 4.69) is 0 Å². The number of alkyl halides is 6. The van der Waals surface area contributed by atoms with Crippen molar-refractivity contribution < 1.29 is 35.9 Å². The molecule has 0 fully saturated rings. The molecule has 29 heavy (non-hydrogen) atoms. The molecule has 1 amide bonds. The number of hydrogen-bond donors (Lipinski definition) is 2. The molecular weight excluding hydrogens is 449 g/mol. The monoisotopic (exact) mass is 460 g/mol. The number of carbonyl (C=O) groups is 1. The van der Waals surface area contributed by atoms with E-state index < -0.39 is 35.2 Å². The summed E-state index contributed by atoms with van der Waals surface area (Å²) < 4.78 is 86.8. The summed E-state index contributed by atoms with van der Waals surface area (Å²) in [6.07, 6.45) is -11.9. The van der Waals surface area contributed by atoms with Crippen LogP contribution in [0.5, 0.6) is 5.75 Å². The van der Waals surface area contributed by atoms with Gasteiger partial charge in [0, 0.05) is 11.3 Å². The first kappa shape index (κ1) is 23.0. The maximum Gasteiger partial charge on any atom is 0.439 e. The predicted octanol–water partition coefficient (Wildman–Crippen LogP) is 5.66. The number of rotatable bonds is 5. The van der Waals surface area contributed by atoms with E-state index in [-0.39, 0.29) is 15.8 Å². The molecule has 0 saturated carbocycles. The summed E-state index contributed by atoms with van der Waals surface area (Å²) in [7, 11) is 1.30. The Morgan fingerprint density at radius 1 is 0.897 bits per heavy atom. The summed E-state index contributed by atoms with van der Waals surface area (Å²) in [6.45, 7) is 0. The van der Waals surface area contributed by atoms with Crippen molar-refractivity contribution in [3.05, 3.63) is 58.1 Å². The lowest BCUT2D eigenvalue weighted by Crippen LogP contribution is -2.72. The summed E-state index contributed by atoms with van der Waals surface area (Å²) in [5, 5.41) is 1.98. The highest BCUT2D eigenvalue weighted by Gasteiger charge is 2.72. The van der Waals surface area contributed by atoms with Gasteiger partial charge in [0.25, 0.3) is 5.91 Å². The van der Waals surface area contributed by atoms with Crippen LogP contribution in [-0.2, 0) is 0 Å². The molecule has 2 aromatic carbocycles. The molecule has 0 spiro atoms. The highest BCUT2D eigenvalue weighted by atomic mass is 35.5. The largest absolute Gasteiger partial charge is 0.497 e. The first-order valence-electron chi connectivity index (χ1n) is 7.64. The first-order valence-corrected chi connectivity index (χ1v) is 8.39. The Morgan fingerprint density at radius 2 is 1.45 bits per heavy atom. The lowest BCUT2D eigenvalue weighted by molar-refractivity contribution is -0.294. The summed E-state index contributed by atoms with van der Waals surface area (Å²) in [6, 6.07) is 7.11. The fraction of sp³-hybridized carbons (Fsp3) is 0.235. The molecule has 0 aliphatic heterocycles. The van der Waals surface area contributed by atoms with Crippen LogP contribution in [0.2, 0.25) is 10.0 Å². The van der Waals surface area contributed by atoms with Crippen LogP contribution in [0.15, 0.2) is 42.5 Å². The van der Waals surface area contributed by atoms with Crippen LogP contribution in [0.4, 0.5) is 32.0 Å². The number of carbonyl (C=O) groups excluding carboxylic acids is 1. The van der Waals surface area contributed by atoms with Gasteiger partial charge in [0.2, 0.25) is 0 Å². The molecule has 0 aliphatic rings. The molecule has 0 aromatic heterocycles. The minimum atomic E-state index is -5.97. The molecule has 0 unspecified atom stereocenters. The Bertz CT molecular complexity index is 871. The lowest BCUT2D eigenvalue weighted by Gasteiger charge is -2.39. The second kappa shape index (κ2) is 8.19. The molecule has 0 bridgehead atoms. The van der Waals surface area contributed by atoms with Crippen molar-refractivity contribution in [1.29, 1.82) is 0 Å². The van der Waals surface area contributed by atoms with Crippen molar-refractivity contribution >= 4 is 34.8 Å². The summed E-state index contributed by atoms with van der Waals surface area (Å²) in [5.41, 5.74) is -5.91. The van der Waals surface area contributed by atoms with Gasteiger partial charge in [-0.15, -0.1) is 0 Å². The van der Waals surface area contributed by atoms with Gasteiger partial charge in [-0.3, -0.25) is 4.79 Å². The fourth-order valence-corrected chi connectivity index (χ4v) is 2.55. The predicted molar refractivity (Wildman–Crippen MR) is 95.4 cm³/mol. The van der Waals surface area contributed by atoms with Crippen LogP contribution in [0.1, 0.15) is 10.4 Å². The molecule has 0 atom stereocenters. The quantitative estimate of drug-likeness (QED) is 0.446. The number of hydrogen-bond acceptors (Lipinski definition) is 3. The molecule has 2 aromatic rings. The number of ether oxygens (including phenoxy) is 1. The second-order valence-electron chi connectivity index (χ2n) is 5.68. The van der Waals surface area contributed by atoms with Gasteiger partial charge in [-0.05, 0) is 42.5 Å². The lowest BCUT2D eigenvalue weighted by atomic mass is 10.1. The van der Waals surface area contributed by atoms with Gasteiger partial charge < -0.3 is 15.4 Å². The van der Waals surface area contributed by atoms with Gasteiger partial charge in [0.05, 0.1) is 17.2 Å². The molecule has 2 rings (SSSR count). The van der Waals surface area contributed by atoms with E-state index in [4.69, 9.17) is 27.9 Å². The number of halogens is 8. The zero-order chi connectivity index (χ0) is 22.0. The molecule has 158 valence electrons. The number of amides is 1. The van der Waals surface area contributed by atoms with Crippen molar-refractivity contribution in [2.75, 3.05) is 12.4 Å². The molecule has 0 radical (unpaired) electrons. The van der Waals surface area contributed by atoms with Crippen LogP contribution in [-0.4, -0.2) is 31.0 Å². The van der Waals surface area contributed by atoms with E-state index in [1.54, 1.807) is 0 Å². The van der Waals surface area contributed by atoms with Gasteiger partial charge in [0.1, 0.15) is 5.75 Å². The smallest absolute Gasteiger partial charge is 0.439 e. The van der Waals surface area contributed by atoms with Crippen molar-refractivity contribution in [2.45, 2.75) is 18.0 Å². The molecule has 0 saturated heterocycles. The third kappa shape index (κ3) is 4.81. The highest BCUT2D eigenvalue weighted by molar-refractivity contribution is 6.42. The standard InChI is InChI=1S/C17H12Cl2F6N2O2/c1-29-11-5-2-9(3-6-11)14(28)27-15(16(20,21)22,17(23,24)25)26-10-4-7-12(18)13(19)8-10/h2-8,26H,1H3,(H,27,28). The van der Waals surface area contributed by atoms with Crippen molar-refractivity contribution in [3.63, 3.8) is 0 Å². The van der Waals surface area contributed by atoms with Crippen LogP contribution < -0.4 is 15.4 Å². The minimum absolute atomic E-state index is 0.0795. The number of nitrogens with one attached hydrogen (secondary N) is 2. The third-order valence-electron chi connectivity index (χ3n) is 3.76.